The predicted molar refractivity (Wildman–Crippen MR) is 82.6 cm³/mol. The lowest BCUT2D eigenvalue weighted by Crippen LogP contribution is -2.30. The summed E-state index contributed by atoms with van der Waals surface area (Å²) in [7, 11) is 0. The number of benzene rings is 1. The Morgan fingerprint density at radius 1 is 1.35 bits per heavy atom. The lowest BCUT2D eigenvalue weighted by Gasteiger charge is -2.22. The number of carbonyl (C=O) groups excluding carboxylic acids is 1. The number of urea groups is 1. The first-order valence-electron chi connectivity index (χ1n) is 7.28. The van der Waals surface area contributed by atoms with E-state index in [2.05, 4.69) is 31.4 Å². The molecule has 0 bridgehead atoms. The van der Waals surface area contributed by atoms with Crippen LogP contribution in [0.3, 0.4) is 0 Å². The van der Waals surface area contributed by atoms with Gasteiger partial charge >= 0.3 is 6.03 Å². The molecular formula is C16H25N3O. The first-order chi connectivity index (χ1) is 9.35. The summed E-state index contributed by atoms with van der Waals surface area (Å²) in [5.74, 6) is 0. The van der Waals surface area contributed by atoms with Crippen LogP contribution in [0.2, 0.25) is 0 Å². The third kappa shape index (κ3) is 3.97. The normalized spacial score (nSPS) is 22.4. The largest absolute Gasteiger partial charge is 0.351 e. The van der Waals surface area contributed by atoms with Gasteiger partial charge < -0.3 is 16.4 Å². The van der Waals surface area contributed by atoms with Crippen LogP contribution >= 0.6 is 0 Å². The molecule has 2 rings (SSSR count). The summed E-state index contributed by atoms with van der Waals surface area (Å²) in [6.45, 7) is 6.86. The Bertz CT molecular complexity index is 467. The van der Waals surface area contributed by atoms with Crippen LogP contribution in [-0.2, 0) is 0 Å². The fourth-order valence-electron chi connectivity index (χ4n) is 3.03. The van der Waals surface area contributed by atoms with Crippen LogP contribution < -0.4 is 16.4 Å². The highest BCUT2D eigenvalue weighted by atomic mass is 16.2. The third-order valence-electron chi connectivity index (χ3n) is 4.13. The lowest BCUT2D eigenvalue weighted by molar-refractivity contribution is 0.259. The van der Waals surface area contributed by atoms with Gasteiger partial charge in [-0.2, -0.15) is 0 Å². The summed E-state index contributed by atoms with van der Waals surface area (Å²) >= 11 is 0. The number of anilines is 1. The van der Waals surface area contributed by atoms with Gasteiger partial charge in [0.2, 0.25) is 0 Å². The predicted octanol–water partition coefficient (Wildman–Crippen LogP) is 3.41. The van der Waals surface area contributed by atoms with Gasteiger partial charge in [0.15, 0.2) is 0 Å². The summed E-state index contributed by atoms with van der Waals surface area (Å²) < 4.78 is 0. The highest BCUT2D eigenvalue weighted by Crippen LogP contribution is 2.37. The maximum atomic E-state index is 10.8. The molecular weight excluding hydrogens is 250 g/mol. The molecule has 4 heteroatoms. The van der Waals surface area contributed by atoms with E-state index in [1.165, 1.54) is 24.8 Å². The van der Waals surface area contributed by atoms with E-state index in [4.69, 9.17) is 5.73 Å². The molecule has 0 aromatic heterocycles. The highest BCUT2D eigenvalue weighted by Gasteiger charge is 2.31. The summed E-state index contributed by atoms with van der Waals surface area (Å²) in [4.78, 5) is 10.8. The van der Waals surface area contributed by atoms with E-state index >= 15 is 0 Å². The maximum absolute atomic E-state index is 10.8. The monoisotopic (exact) mass is 275 g/mol. The Labute approximate surface area is 121 Å². The Kier molecular flexibility index (Phi) is 4.33. The molecule has 20 heavy (non-hydrogen) atoms. The van der Waals surface area contributed by atoms with Crippen molar-refractivity contribution in [2.45, 2.75) is 52.1 Å². The number of rotatable bonds is 4. The summed E-state index contributed by atoms with van der Waals surface area (Å²) in [5.41, 5.74) is 7.52. The first-order valence-corrected chi connectivity index (χ1v) is 7.28. The molecule has 1 saturated carbocycles. The Hall–Kier alpha value is -1.55. The zero-order valence-corrected chi connectivity index (χ0v) is 12.6. The number of amides is 2. The minimum absolute atomic E-state index is 0.316. The minimum Gasteiger partial charge on any atom is -0.351 e. The van der Waals surface area contributed by atoms with Gasteiger partial charge in [-0.25, -0.2) is 4.79 Å². The summed E-state index contributed by atoms with van der Waals surface area (Å²) in [5, 5.41) is 6.27. The molecule has 1 aliphatic carbocycles. The Balaban J connectivity index is 1.92. The van der Waals surface area contributed by atoms with Gasteiger partial charge in [0, 0.05) is 17.8 Å². The quantitative estimate of drug-likeness (QED) is 0.788. The Morgan fingerprint density at radius 3 is 2.50 bits per heavy atom. The van der Waals surface area contributed by atoms with E-state index < -0.39 is 6.03 Å². The number of carbonyl (C=O) groups is 1. The lowest BCUT2D eigenvalue weighted by atomic mass is 9.91. The molecule has 2 atom stereocenters. The zero-order valence-electron chi connectivity index (χ0n) is 12.6. The van der Waals surface area contributed by atoms with Crippen LogP contribution in [0.5, 0.6) is 0 Å². The van der Waals surface area contributed by atoms with Crippen molar-refractivity contribution in [1.29, 1.82) is 0 Å². The molecule has 0 spiro atoms. The average molecular weight is 275 g/mol. The van der Waals surface area contributed by atoms with Crippen molar-refractivity contribution >= 4 is 11.7 Å². The maximum Gasteiger partial charge on any atom is 0.316 e. The summed E-state index contributed by atoms with van der Waals surface area (Å²) in [6, 6.07) is 8.22. The molecule has 4 N–H and O–H groups in total. The Morgan fingerprint density at radius 2 is 2.00 bits per heavy atom. The van der Waals surface area contributed by atoms with E-state index in [9.17, 15) is 4.79 Å². The first kappa shape index (κ1) is 14.9. The van der Waals surface area contributed by atoms with Crippen molar-refractivity contribution in [3.63, 3.8) is 0 Å². The van der Waals surface area contributed by atoms with Gasteiger partial charge in [-0.05, 0) is 49.3 Å². The van der Waals surface area contributed by atoms with Gasteiger partial charge in [-0.15, -0.1) is 0 Å². The zero-order chi connectivity index (χ0) is 14.8. The van der Waals surface area contributed by atoms with Crippen molar-refractivity contribution in [2.24, 2.45) is 11.1 Å². The second-order valence-corrected chi connectivity index (χ2v) is 6.60. The molecule has 1 aromatic rings. The van der Waals surface area contributed by atoms with Gasteiger partial charge in [-0.1, -0.05) is 26.0 Å². The molecule has 110 valence electrons. The van der Waals surface area contributed by atoms with E-state index in [0.29, 0.717) is 17.5 Å². The van der Waals surface area contributed by atoms with Crippen molar-refractivity contribution < 1.29 is 4.79 Å². The smallest absolute Gasteiger partial charge is 0.316 e. The van der Waals surface area contributed by atoms with Crippen LogP contribution in [-0.4, -0.2) is 12.1 Å². The molecule has 1 aromatic carbocycles. The van der Waals surface area contributed by atoms with Gasteiger partial charge in [0.1, 0.15) is 0 Å². The molecule has 1 fully saturated rings. The van der Waals surface area contributed by atoms with E-state index in [0.717, 1.165) is 5.69 Å². The summed E-state index contributed by atoms with van der Waals surface area (Å²) in [6.07, 6.45) is 3.77. The fraction of sp³-hybridized carbons (Fsp3) is 0.562. The van der Waals surface area contributed by atoms with E-state index in [1.807, 2.05) is 24.3 Å². The SMILES string of the molecule is CC(NC1CCC(C)(C)C1)c1ccc(NC(N)=O)cc1. The van der Waals surface area contributed by atoms with Crippen molar-refractivity contribution in [1.82, 2.24) is 5.32 Å². The van der Waals surface area contributed by atoms with E-state index in [1.54, 1.807) is 0 Å². The number of primary amides is 1. The molecule has 1 aliphatic rings. The second kappa shape index (κ2) is 5.83. The second-order valence-electron chi connectivity index (χ2n) is 6.60. The van der Waals surface area contributed by atoms with Crippen molar-refractivity contribution in [2.75, 3.05) is 5.32 Å². The molecule has 4 nitrogen and oxygen atoms in total. The minimum atomic E-state index is -0.530. The van der Waals surface area contributed by atoms with Crippen molar-refractivity contribution in [3.05, 3.63) is 29.8 Å². The van der Waals surface area contributed by atoms with Crippen LogP contribution in [0.25, 0.3) is 0 Å². The molecule has 2 unspecified atom stereocenters. The topological polar surface area (TPSA) is 67.2 Å². The molecule has 0 heterocycles. The standard InChI is InChI=1S/C16H25N3O/c1-11(18-14-8-9-16(2,3)10-14)12-4-6-13(7-5-12)19-15(17)20/h4-7,11,14,18H,8-10H2,1-3H3,(H3,17,19,20). The number of hydrogen-bond donors (Lipinski definition) is 3. The van der Waals surface area contributed by atoms with Gasteiger partial charge in [0.25, 0.3) is 0 Å². The fourth-order valence-corrected chi connectivity index (χ4v) is 3.03. The van der Waals surface area contributed by atoms with Gasteiger partial charge in [-0.3, -0.25) is 0 Å². The number of nitrogens with two attached hydrogens (primary N) is 1. The molecule has 2 amide bonds. The highest BCUT2D eigenvalue weighted by molar-refractivity contribution is 5.87. The van der Waals surface area contributed by atoms with Crippen LogP contribution in [0, 0.1) is 5.41 Å². The molecule has 0 saturated heterocycles. The van der Waals surface area contributed by atoms with Crippen molar-refractivity contribution in [3.8, 4) is 0 Å². The molecule has 0 aliphatic heterocycles. The molecule has 0 radical (unpaired) electrons. The third-order valence-corrected chi connectivity index (χ3v) is 4.13. The number of nitrogens with one attached hydrogen (secondary N) is 2. The van der Waals surface area contributed by atoms with Crippen LogP contribution in [0.15, 0.2) is 24.3 Å². The van der Waals surface area contributed by atoms with Crippen LogP contribution in [0.1, 0.15) is 51.6 Å². The van der Waals surface area contributed by atoms with E-state index in [-0.39, 0.29) is 0 Å². The van der Waals surface area contributed by atoms with Crippen LogP contribution in [0.4, 0.5) is 10.5 Å². The average Bonchev–Trinajstić information content (AvgIpc) is 2.68. The van der Waals surface area contributed by atoms with Gasteiger partial charge in [0.05, 0.1) is 0 Å². The number of hydrogen-bond acceptors (Lipinski definition) is 2.